The minimum atomic E-state index is -5.10. The van der Waals surface area contributed by atoms with Gasteiger partial charge in [0.05, 0.1) is 18.1 Å². The number of carbonyl (C=O) groups excluding carboxylic acids is 1. The van der Waals surface area contributed by atoms with Crippen molar-refractivity contribution in [1.29, 1.82) is 0 Å². The molecular weight excluding hydrogens is 287 g/mol. The van der Waals surface area contributed by atoms with Crippen molar-refractivity contribution < 1.29 is 21.3 Å². The highest BCUT2D eigenvalue weighted by atomic mass is 32.3. The van der Waals surface area contributed by atoms with Gasteiger partial charge in [-0.15, -0.1) is 0 Å². The lowest BCUT2D eigenvalue weighted by atomic mass is 9.62. The molecule has 1 saturated carbocycles. The van der Waals surface area contributed by atoms with Crippen LogP contribution < -0.4 is 9.50 Å². The molecular formula is C12H15FN2O4S. The molecule has 1 amide bonds. The number of amides is 1. The maximum Gasteiger partial charge on any atom is 0.488 e. The molecule has 1 fully saturated rings. The van der Waals surface area contributed by atoms with Crippen molar-refractivity contribution in [3.05, 3.63) is 18.5 Å². The molecule has 1 heterocycles. The SMILES string of the molecule is CC1(C)CCC1C(=O)Nc1cncc(OS(=O)(=O)F)c1. The van der Waals surface area contributed by atoms with Gasteiger partial charge in [-0.2, -0.15) is 8.42 Å². The Bertz CT molecular complexity index is 630. The van der Waals surface area contributed by atoms with E-state index in [4.69, 9.17) is 0 Å². The molecule has 1 unspecified atom stereocenters. The van der Waals surface area contributed by atoms with Crippen LogP contribution in [0.25, 0.3) is 0 Å². The molecule has 8 heteroatoms. The molecule has 0 saturated heterocycles. The lowest BCUT2D eigenvalue weighted by Gasteiger charge is -2.43. The number of nitrogens with one attached hydrogen (secondary N) is 1. The zero-order valence-electron chi connectivity index (χ0n) is 11.1. The van der Waals surface area contributed by atoms with Crippen molar-refractivity contribution >= 4 is 22.1 Å². The summed E-state index contributed by atoms with van der Waals surface area (Å²) < 4.78 is 37.2. The normalized spacial score (nSPS) is 20.9. The van der Waals surface area contributed by atoms with E-state index in [2.05, 4.69) is 14.5 Å². The molecule has 0 aromatic carbocycles. The fourth-order valence-corrected chi connectivity index (χ4v) is 2.55. The third-order valence-electron chi connectivity index (χ3n) is 3.51. The van der Waals surface area contributed by atoms with Gasteiger partial charge in [-0.05, 0) is 18.3 Å². The van der Waals surface area contributed by atoms with E-state index in [1.165, 1.54) is 12.3 Å². The molecule has 20 heavy (non-hydrogen) atoms. The van der Waals surface area contributed by atoms with E-state index in [-0.39, 0.29) is 28.7 Å². The number of pyridine rings is 1. The number of rotatable bonds is 4. The van der Waals surface area contributed by atoms with Crippen LogP contribution in [0.3, 0.4) is 0 Å². The Morgan fingerprint density at radius 2 is 2.20 bits per heavy atom. The van der Waals surface area contributed by atoms with Crippen molar-refractivity contribution in [3.8, 4) is 5.75 Å². The quantitative estimate of drug-likeness (QED) is 0.860. The Morgan fingerprint density at radius 3 is 2.70 bits per heavy atom. The van der Waals surface area contributed by atoms with E-state index in [9.17, 15) is 17.1 Å². The van der Waals surface area contributed by atoms with Crippen LogP contribution in [0.5, 0.6) is 5.75 Å². The average Bonchev–Trinajstić information content (AvgIpc) is 2.25. The van der Waals surface area contributed by atoms with Gasteiger partial charge >= 0.3 is 10.5 Å². The van der Waals surface area contributed by atoms with Crippen molar-refractivity contribution in [3.63, 3.8) is 0 Å². The first kappa shape index (κ1) is 14.7. The molecule has 1 atom stereocenters. The van der Waals surface area contributed by atoms with Crippen molar-refractivity contribution in [1.82, 2.24) is 4.98 Å². The molecule has 1 N–H and O–H groups in total. The number of nitrogens with zero attached hydrogens (tertiary/aromatic N) is 1. The minimum absolute atomic E-state index is 0.0477. The van der Waals surface area contributed by atoms with Crippen molar-refractivity contribution in [2.75, 3.05) is 5.32 Å². The topological polar surface area (TPSA) is 85.4 Å². The molecule has 6 nitrogen and oxygen atoms in total. The number of carbonyl (C=O) groups is 1. The van der Waals surface area contributed by atoms with Gasteiger partial charge in [-0.1, -0.05) is 17.7 Å². The van der Waals surface area contributed by atoms with Gasteiger partial charge in [0, 0.05) is 12.0 Å². The van der Waals surface area contributed by atoms with E-state index in [1.54, 1.807) is 0 Å². The van der Waals surface area contributed by atoms with Crippen molar-refractivity contribution in [2.45, 2.75) is 26.7 Å². The summed E-state index contributed by atoms with van der Waals surface area (Å²) in [6.45, 7) is 4.02. The van der Waals surface area contributed by atoms with Gasteiger partial charge in [0.2, 0.25) is 5.91 Å². The third-order valence-corrected chi connectivity index (χ3v) is 3.91. The standard InChI is InChI=1S/C12H15FN2O4S/c1-12(2)4-3-10(12)11(16)15-8-5-9(7-14-6-8)19-20(13,17)18/h5-7,10H,3-4H2,1-2H3,(H,15,16). The number of halogens is 1. The zero-order valence-corrected chi connectivity index (χ0v) is 11.9. The van der Waals surface area contributed by atoms with Gasteiger partial charge in [-0.25, -0.2) is 0 Å². The predicted molar refractivity (Wildman–Crippen MR) is 70.0 cm³/mol. The van der Waals surface area contributed by atoms with Crippen LogP contribution in [0.4, 0.5) is 9.57 Å². The van der Waals surface area contributed by atoms with Gasteiger partial charge in [-0.3, -0.25) is 9.78 Å². The summed E-state index contributed by atoms with van der Waals surface area (Å²) in [6, 6.07) is 1.20. The molecule has 0 spiro atoms. The van der Waals surface area contributed by atoms with Crippen LogP contribution in [-0.4, -0.2) is 19.3 Å². The van der Waals surface area contributed by atoms with E-state index >= 15 is 0 Å². The van der Waals surface area contributed by atoms with Crippen LogP contribution in [0.2, 0.25) is 0 Å². The van der Waals surface area contributed by atoms with Gasteiger partial charge in [0.25, 0.3) is 0 Å². The summed E-state index contributed by atoms with van der Waals surface area (Å²) in [6.07, 6.45) is 4.16. The van der Waals surface area contributed by atoms with E-state index in [0.29, 0.717) is 0 Å². The van der Waals surface area contributed by atoms with Crippen LogP contribution in [0.15, 0.2) is 18.5 Å². The smallest absolute Gasteiger partial charge is 0.357 e. The number of hydrogen-bond acceptors (Lipinski definition) is 5. The summed E-state index contributed by atoms with van der Waals surface area (Å²) in [5, 5.41) is 2.63. The number of anilines is 1. The Hall–Kier alpha value is -1.70. The maximum atomic E-state index is 12.4. The molecule has 1 aromatic heterocycles. The fourth-order valence-electron chi connectivity index (χ4n) is 2.23. The molecule has 1 aliphatic carbocycles. The summed E-state index contributed by atoms with van der Waals surface area (Å²) in [5.41, 5.74) is 0.215. The molecule has 0 radical (unpaired) electrons. The molecule has 0 aliphatic heterocycles. The monoisotopic (exact) mass is 302 g/mol. The lowest BCUT2D eigenvalue weighted by Crippen LogP contribution is -2.43. The zero-order chi connectivity index (χ0) is 15.0. The summed E-state index contributed by atoms with van der Waals surface area (Å²) >= 11 is 0. The van der Waals surface area contributed by atoms with Gasteiger partial charge in [0.1, 0.15) is 0 Å². The Labute approximate surface area is 116 Å². The summed E-state index contributed by atoms with van der Waals surface area (Å²) in [7, 11) is -5.10. The fraction of sp³-hybridized carbons (Fsp3) is 0.500. The van der Waals surface area contributed by atoms with Gasteiger partial charge in [0.15, 0.2) is 5.75 Å². The first-order valence-corrected chi connectivity index (χ1v) is 7.38. The summed E-state index contributed by atoms with van der Waals surface area (Å²) in [4.78, 5) is 15.7. The molecule has 2 rings (SSSR count). The highest BCUT2D eigenvalue weighted by molar-refractivity contribution is 7.81. The maximum absolute atomic E-state index is 12.4. The van der Waals surface area contributed by atoms with Gasteiger partial charge < -0.3 is 9.50 Å². The number of hydrogen-bond donors (Lipinski definition) is 1. The highest BCUT2D eigenvalue weighted by Crippen LogP contribution is 2.46. The van der Waals surface area contributed by atoms with Crippen LogP contribution in [0, 0.1) is 11.3 Å². The van der Waals surface area contributed by atoms with E-state index in [0.717, 1.165) is 19.0 Å². The van der Waals surface area contributed by atoms with Crippen molar-refractivity contribution in [2.24, 2.45) is 11.3 Å². The second-order valence-corrected chi connectivity index (χ2v) is 6.41. The van der Waals surface area contributed by atoms with Crippen LogP contribution in [-0.2, 0) is 15.3 Å². The second-order valence-electron chi connectivity index (χ2n) is 5.45. The van der Waals surface area contributed by atoms with Crippen LogP contribution >= 0.6 is 0 Å². The molecule has 110 valence electrons. The van der Waals surface area contributed by atoms with E-state index in [1.807, 2.05) is 13.8 Å². The lowest BCUT2D eigenvalue weighted by molar-refractivity contribution is -0.128. The predicted octanol–water partition coefficient (Wildman–Crippen LogP) is 2.05. The second kappa shape index (κ2) is 5.01. The first-order chi connectivity index (χ1) is 9.17. The molecule has 1 aliphatic rings. The summed E-state index contributed by atoms with van der Waals surface area (Å²) in [5.74, 6) is -0.557. The largest absolute Gasteiger partial charge is 0.488 e. The Balaban J connectivity index is 2.07. The first-order valence-electron chi connectivity index (χ1n) is 6.07. The number of aromatic nitrogens is 1. The van der Waals surface area contributed by atoms with E-state index < -0.39 is 10.5 Å². The molecule has 0 bridgehead atoms. The van der Waals surface area contributed by atoms with Crippen LogP contribution in [0.1, 0.15) is 26.7 Å². The third kappa shape index (κ3) is 3.44. The Morgan fingerprint density at radius 1 is 1.50 bits per heavy atom. The minimum Gasteiger partial charge on any atom is -0.357 e. The average molecular weight is 302 g/mol. The highest BCUT2D eigenvalue weighted by Gasteiger charge is 2.43. The molecule has 1 aromatic rings. The Kier molecular flexibility index (Phi) is 3.68.